The molecule has 2 heterocycles. The smallest absolute Gasteiger partial charge is 0.230 e. The van der Waals surface area contributed by atoms with Gasteiger partial charge in [0.1, 0.15) is 4.32 Å². The van der Waals surface area contributed by atoms with E-state index in [4.69, 9.17) is 17.0 Å². The molecule has 1 amide bonds. The summed E-state index contributed by atoms with van der Waals surface area (Å²) in [6, 6.07) is 10.5. The highest BCUT2D eigenvalue weighted by Gasteiger charge is 2.34. The minimum absolute atomic E-state index is 0.0186. The number of benzene rings is 1. The van der Waals surface area contributed by atoms with Gasteiger partial charge in [-0.1, -0.05) is 54.3 Å². The zero-order valence-corrected chi connectivity index (χ0v) is 16.2. The standard InChI is InChI=1S/C19H26N2O2S2/c22-17(14-25-18(24)21-10-4-5-11-21)20-15-19(8-12-23-13-9-19)16-6-2-1-3-7-16/h1-3,6-7H,4-5,8-15H2,(H,20,22). The van der Waals surface area contributed by atoms with E-state index in [-0.39, 0.29) is 11.3 Å². The first-order valence-corrected chi connectivity index (χ1v) is 10.4. The summed E-state index contributed by atoms with van der Waals surface area (Å²) in [6.45, 7) is 4.22. The van der Waals surface area contributed by atoms with Crippen LogP contribution in [-0.4, -0.2) is 53.7 Å². The molecule has 2 aliphatic heterocycles. The lowest BCUT2D eigenvalue weighted by Gasteiger charge is -2.38. The van der Waals surface area contributed by atoms with Gasteiger partial charge in [-0.2, -0.15) is 0 Å². The van der Waals surface area contributed by atoms with Gasteiger partial charge in [0.25, 0.3) is 0 Å². The van der Waals surface area contributed by atoms with Crippen LogP contribution in [-0.2, 0) is 14.9 Å². The summed E-state index contributed by atoms with van der Waals surface area (Å²) in [4.78, 5) is 14.5. The van der Waals surface area contributed by atoms with E-state index in [0.29, 0.717) is 12.3 Å². The quantitative estimate of drug-likeness (QED) is 0.798. The van der Waals surface area contributed by atoms with Crippen molar-refractivity contribution in [2.75, 3.05) is 38.6 Å². The topological polar surface area (TPSA) is 41.6 Å². The van der Waals surface area contributed by atoms with E-state index >= 15 is 0 Å². The van der Waals surface area contributed by atoms with E-state index in [1.807, 2.05) is 6.07 Å². The molecule has 2 fully saturated rings. The summed E-state index contributed by atoms with van der Waals surface area (Å²) in [6.07, 6.45) is 4.29. The lowest BCUT2D eigenvalue weighted by Crippen LogP contribution is -2.45. The highest BCUT2D eigenvalue weighted by Crippen LogP contribution is 2.34. The zero-order valence-electron chi connectivity index (χ0n) is 14.5. The minimum atomic E-state index is -0.0186. The maximum atomic E-state index is 12.3. The Bertz CT molecular complexity index is 582. The van der Waals surface area contributed by atoms with E-state index in [2.05, 4.69) is 34.5 Å². The fraction of sp³-hybridized carbons (Fsp3) is 0.579. The van der Waals surface area contributed by atoms with Crippen molar-refractivity contribution < 1.29 is 9.53 Å². The van der Waals surface area contributed by atoms with Gasteiger partial charge in [0.15, 0.2) is 0 Å². The van der Waals surface area contributed by atoms with E-state index in [9.17, 15) is 4.79 Å². The van der Waals surface area contributed by atoms with E-state index in [0.717, 1.165) is 43.5 Å². The third-order valence-corrected chi connectivity index (χ3v) is 6.67. The van der Waals surface area contributed by atoms with Crippen LogP contribution in [0, 0.1) is 0 Å². The molecular weight excluding hydrogens is 352 g/mol. The number of hydrogen-bond acceptors (Lipinski definition) is 4. The minimum Gasteiger partial charge on any atom is -0.381 e. The predicted octanol–water partition coefficient (Wildman–Crippen LogP) is 2.96. The zero-order chi connectivity index (χ0) is 17.5. The molecule has 3 rings (SSSR count). The Labute approximate surface area is 159 Å². The Morgan fingerprint density at radius 1 is 1.20 bits per heavy atom. The molecule has 2 aliphatic rings. The summed E-state index contributed by atoms with van der Waals surface area (Å²) in [5, 5.41) is 3.14. The third kappa shape index (κ3) is 4.96. The van der Waals surface area contributed by atoms with Crippen LogP contribution < -0.4 is 5.32 Å². The second-order valence-electron chi connectivity index (χ2n) is 6.78. The van der Waals surface area contributed by atoms with Crippen molar-refractivity contribution in [2.24, 2.45) is 0 Å². The highest BCUT2D eigenvalue weighted by molar-refractivity contribution is 8.23. The van der Waals surface area contributed by atoms with Gasteiger partial charge in [-0.3, -0.25) is 4.79 Å². The predicted molar refractivity (Wildman–Crippen MR) is 107 cm³/mol. The summed E-state index contributed by atoms with van der Waals surface area (Å²) in [7, 11) is 0. The van der Waals surface area contributed by atoms with Crippen molar-refractivity contribution in [1.82, 2.24) is 10.2 Å². The van der Waals surface area contributed by atoms with Gasteiger partial charge < -0.3 is 15.0 Å². The van der Waals surface area contributed by atoms with Crippen LogP contribution in [0.15, 0.2) is 30.3 Å². The van der Waals surface area contributed by atoms with E-state index in [1.165, 1.54) is 30.2 Å². The summed E-state index contributed by atoms with van der Waals surface area (Å²) in [5.41, 5.74) is 1.27. The van der Waals surface area contributed by atoms with Crippen LogP contribution in [0.3, 0.4) is 0 Å². The average molecular weight is 379 g/mol. The van der Waals surface area contributed by atoms with Crippen molar-refractivity contribution in [3.8, 4) is 0 Å². The molecule has 0 spiro atoms. The lowest BCUT2D eigenvalue weighted by atomic mass is 9.74. The van der Waals surface area contributed by atoms with Crippen molar-refractivity contribution in [2.45, 2.75) is 31.1 Å². The van der Waals surface area contributed by atoms with Gasteiger partial charge in [-0.25, -0.2) is 0 Å². The van der Waals surface area contributed by atoms with Crippen LogP contribution in [0.4, 0.5) is 0 Å². The summed E-state index contributed by atoms with van der Waals surface area (Å²) in [5.74, 6) is 0.463. The summed E-state index contributed by atoms with van der Waals surface area (Å²) < 4.78 is 6.41. The normalized spacial score (nSPS) is 19.6. The number of carbonyl (C=O) groups excluding carboxylic acids is 1. The van der Waals surface area contributed by atoms with Gasteiger partial charge in [0.2, 0.25) is 5.91 Å². The summed E-state index contributed by atoms with van der Waals surface area (Å²) >= 11 is 6.92. The first-order valence-electron chi connectivity index (χ1n) is 9.01. The Kier molecular flexibility index (Phi) is 6.73. The van der Waals surface area contributed by atoms with Crippen molar-refractivity contribution in [3.63, 3.8) is 0 Å². The van der Waals surface area contributed by atoms with Crippen molar-refractivity contribution in [3.05, 3.63) is 35.9 Å². The van der Waals surface area contributed by atoms with Gasteiger partial charge in [0.05, 0.1) is 5.75 Å². The Hall–Kier alpha value is -1.11. The number of amides is 1. The average Bonchev–Trinajstić information content (AvgIpc) is 3.21. The molecule has 0 unspecified atom stereocenters. The molecule has 0 bridgehead atoms. The second kappa shape index (κ2) is 9.01. The van der Waals surface area contributed by atoms with Gasteiger partial charge in [-0.05, 0) is 31.2 Å². The van der Waals surface area contributed by atoms with Gasteiger partial charge in [-0.15, -0.1) is 0 Å². The van der Waals surface area contributed by atoms with Crippen molar-refractivity contribution in [1.29, 1.82) is 0 Å². The van der Waals surface area contributed by atoms with Crippen LogP contribution in [0.1, 0.15) is 31.2 Å². The monoisotopic (exact) mass is 378 g/mol. The first kappa shape index (κ1) is 18.7. The maximum absolute atomic E-state index is 12.3. The van der Waals surface area contributed by atoms with Crippen LogP contribution in [0.25, 0.3) is 0 Å². The number of nitrogens with zero attached hydrogens (tertiary/aromatic N) is 1. The molecule has 6 heteroatoms. The Morgan fingerprint density at radius 2 is 1.88 bits per heavy atom. The van der Waals surface area contributed by atoms with Crippen LogP contribution >= 0.6 is 24.0 Å². The molecule has 25 heavy (non-hydrogen) atoms. The molecular formula is C19H26N2O2S2. The van der Waals surface area contributed by atoms with Crippen LogP contribution in [0.2, 0.25) is 0 Å². The molecule has 4 nitrogen and oxygen atoms in total. The molecule has 0 aliphatic carbocycles. The van der Waals surface area contributed by atoms with E-state index in [1.54, 1.807) is 0 Å². The lowest BCUT2D eigenvalue weighted by molar-refractivity contribution is -0.119. The fourth-order valence-corrected chi connectivity index (χ4v) is 4.64. The largest absolute Gasteiger partial charge is 0.381 e. The van der Waals surface area contributed by atoms with E-state index < -0.39 is 0 Å². The maximum Gasteiger partial charge on any atom is 0.230 e. The number of ether oxygens (including phenoxy) is 1. The Morgan fingerprint density at radius 3 is 2.56 bits per heavy atom. The number of carbonyl (C=O) groups is 1. The third-order valence-electron chi connectivity index (χ3n) is 5.15. The second-order valence-corrected chi connectivity index (χ2v) is 8.39. The number of thioether (sulfide) groups is 1. The number of nitrogens with one attached hydrogen (secondary N) is 1. The molecule has 0 radical (unpaired) electrons. The fourth-order valence-electron chi connectivity index (χ4n) is 3.56. The molecule has 2 saturated heterocycles. The molecule has 0 atom stereocenters. The SMILES string of the molecule is O=C(CSC(=S)N1CCCC1)NCC1(c2ccccc2)CCOCC1. The van der Waals surface area contributed by atoms with Crippen molar-refractivity contribution >= 4 is 34.2 Å². The van der Waals surface area contributed by atoms with Gasteiger partial charge >= 0.3 is 0 Å². The molecule has 136 valence electrons. The Balaban J connectivity index is 1.52. The number of hydrogen-bond donors (Lipinski definition) is 1. The number of thiocarbonyl (C=S) groups is 1. The first-order chi connectivity index (χ1) is 12.2. The molecule has 1 N–H and O–H groups in total. The number of likely N-dealkylation sites (tertiary alicyclic amines) is 1. The van der Waals surface area contributed by atoms with Gasteiger partial charge in [0, 0.05) is 38.3 Å². The molecule has 1 aromatic carbocycles. The van der Waals surface area contributed by atoms with Crippen LogP contribution in [0.5, 0.6) is 0 Å². The highest BCUT2D eigenvalue weighted by atomic mass is 32.2. The molecule has 1 aromatic rings. The number of rotatable bonds is 5. The molecule has 0 saturated carbocycles. The molecule has 0 aromatic heterocycles.